The number of hydrogen-bond donors (Lipinski definition) is 1. The average molecular weight is 318 g/mol. The molecule has 0 radical (unpaired) electrons. The quantitative estimate of drug-likeness (QED) is 0.745. The summed E-state index contributed by atoms with van der Waals surface area (Å²) < 4.78 is 7.15. The first-order chi connectivity index (χ1) is 10.6. The van der Waals surface area contributed by atoms with Crippen LogP contribution in [-0.4, -0.2) is 19.9 Å². The average Bonchev–Trinajstić information content (AvgIpc) is 3.13. The smallest absolute Gasteiger partial charge is 0.251 e. The molecule has 0 fully saturated rings. The lowest BCUT2D eigenvalue weighted by molar-refractivity contribution is 0.321. The Balaban J connectivity index is 1.97. The summed E-state index contributed by atoms with van der Waals surface area (Å²) in [7, 11) is 0. The maximum atomic E-state index is 5.93. The Morgan fingerprint density at radius 3 is 2.91 bits per heavy atom. The third-order valence-corrected chi connectivity index (χ3v) is 3.81. The number of nitrogen functional groups attached to an aromatic ring is 1. The molecule has 114 valence electrons. The first-order valence-electron chi connectivity index (χ1n) is 6.99. The summed E-state index contributed by atoms with van der Waals surface area (Å²) in [6, 6.07) is 5.50. The van der Waals surface area contributed by atoms with E-state index in [4.69, 9.17) is 21.9 Å². The highest BCUT2D eigenvalue weighted by atomic mass is 35.5. The molecule has 1 aromatic carbocycles. The van der Waals surface area contributed by atoms with Crippen molar-refractivity contribution in [3.05, 3.63) is 47.1 Å². The van der Waals surface area contributed by atoms with Gasteiger partial charge in [0.25, 0.3) is 5.89 Å². The zero-order valence-corrected chi connectivity index (χ0v) is 13.1. The highest BCUT2D eigenvalue weighted by Gasteiger charge is 2.21. The van der Waals surface area contributed by atoms with E-state index in [-0.39, 0.29) is 6.04 Å². The largest absolute Gasteiger partial charge is 0.398 e. The monoisotopic (exact) mass is 317 g/mol. The zero-order chi connectivity index (χ0) is 15.7. The Morgan fingerprint density at radius 2 is 2.23 bits per heavy atom. The van der Waals surface area contributed by atoms with E-state index < -0.39 is 0 Å². The molecule has 0 bridgehead atoms. The van der Waals surface area contributed by atoms with Gasteiger partial charge in [-0.25, -0.2) is 0 Å². The summed E-state index contributed by atoms with van der Waals surface area (Å²) in [4.78, 5) is 4.50. The Hall–Kier alpha value is -2.34. The van der Waals surface area contributed by atoms with Crippen LogP contribution in [0.25, 0.3) is 11.4 Å². The second-order valence-corrected chi connectivity index (χ2v) is 5.48. The van der Waals surface area contributed by atoms with Crippen LogP contribution in [0, 0.1) is 6.92 Å². The van der Waals surface area contributed by atoms with Gasteiger partial charge in [0, 0.05) is 17.4 Å². The maximum absolute atomic E-state index is 5.93. The molecule has 0 aliphatic heterocycles. The van der Waals surface area contributed by atoms with Gasteiger partial charge in [-0.1, -0.05) is 35.8 Å². The third-order valence-electron chi connectivity index (χ3n) is 3.62. The molecule has 1 unspecified atom stereocenters. The van der Waals surface area contributed by atoms with E-state index in [2.05, 4.69) is 15.2 Å². The third kappa shape index (κ3) is 2.57. The van der Waals surface area contributed by atoms with Crippen molar-refractivity contribution < 1.29 is 4.52 Å². The van der Waals surface area contributed by atoms with Crippen LogP contribution in [0.3, 0.4) is 0 Å². The van der Waals surface area contributed by atoms with E-state index in [0.29, 0.717) is 22.4 Å². The molecule has 2 heterocycles. The molecule has 3 aromatic rings. The molecule has 6 nitrogen and oxygen atoms in total. The topological polar surface area (TPSA) is 82.8 Å². The Kier molecular flexibility index (Phi) is 3.85. The van der Waals surface area contributed by atoms with E-state index in [0.717, 1.165) is 17.5 Å². The Labute approximate surface area is 132 Å². The van der Waals surface area contributed by atoms with Gasteiger partial charge in [0.15, 0.2) is 0 Å². The van der Waals surface area contributed by atoms with Crippen LogP contribution in [0.1, 0.15) is 30.8 Å². The highest BCUT2D eigenvalue weighted by Crippen LogP contribution is 2.27. The second kappa shape index (κ2) is 5.81. The minimum atomic E-state index is -0.143. The van der Waals surface area contributed by atoms with Crippen molar-refractivity contribution in [2.75, 3.05) is 5.73 Å². The van der Waals surface area contributed by atoms with Crippen LogP contribution in [0.5, 0.6) is 0 Å². The molecule has 7 heteroatoms. The molecule has 0 aliphatic rings. The first-order valence-corrected chi connectivity index (χ1v) is 7.36. The van der Waals surface area contributed by atoms with Crippen molar-refractivity contribution in [2.24, 2.45) is 0 Å². The first kappa shape index (κ1) is 14.6. The van der Waals surface area contributed by atoms with Crippen LogP contribution < -0.4 is 5.73 Å². The SMILES string of the molecule is CCC(c1nc(-c2cccc(N)c2C)no1)n1cc(Cl)cn1. The van der Waals surface area contributed by atoms with Gasteiger partial charge >= 0.3 is 0 Å². The van der Waals surface area contributed by atoms with Gasteiger partial charge in [-0.3, -0.25) is 4.68 Å². The Bertz CT molecular complexity index is 795. The lowest BCUT2D eigenvalue weighted by Gasteiger charge is -2.10. The summed E-state index contributed by atoms with van der Waals surface area (Å²) in [6.45, 7) is 3.96. The van der Waals surface area contributed by atoms with E-state index in [1.807, 2.05) is 32.0 Å². The van der Waals surface area contributed by atoms with Crippen LogP contribution >= 0.6 is 11.6 Å². The summed E-state index contributed by atoms with van der Waals surface area (Å²) in [5.74, 6) is 1.02. The number of rotatable bonds is 4. The Morgan fingerprint density at radius 1 is 1.41 bits per heavy atom. The van der Waals surface area contributed by atoms with Crippen molar-refractivity contribution in [3.8, 4) is 11.4 Å². The summed E-state index contributed by atoms with van der Waals surface area (Å²) in [6.07, 6.45) is 4.09. The fourth-order valence-electron chi connectivity index (χ4n) is 2.34. The van der Waals surface area contributed by atoms with Gasteiger partial charge in [-0.15, -0.1) is 0 Å². The molecule has 0 aliphatic carbocycles. The van der Waals surface area contributed by atoms with Gasteiger partial charge in [0.1, 0.15) is 6.04 Å². The molecule has 1 atom stereocenters. The van der Waals surface area contributed by atoms with Crippen molar-refractivity contribution in [1.29, 1.82) is 0 Å². The number of benzene rings is 1. The van der Waals surface area contributed by atoms with Crippen molar-refractivity contribution in [3.63, 3.8) is 0 Å². The van der Waals surface area contributed by atoms with Crippen molar-refractivity contribution >= 4 is 17.3 Å². The van der Waals surface area contributed by atoms with Crippen LogP contribution in [-0.2, 0) is 0 Å². The molecule has 3 rings (SSSR count). The minimum Gasteiger partial charge on any atom is -0.398 e. The number of aromatic nitrogens is 4. The van der Waals surface area contributed by atoms with Gasteiger partial charge in [0.05, 0.1) is 11.2 Å². The van der Waals surface area contributed by atoms with E-state index in [1.165, 1.54) is 0 Å². The molecular formula is C15H16ClN5O. The van der Waals surface area contributed by atoms with E-state index in [9.17, 15) is 0 Å². The molecule has 0 spiro atoms. The standard InChI is InChI=1S/C15H16ClN5O/c1-3-13(21-8-10(16)7-18-21)15-19-14(20-22-15)11-5-4-6-12(17)9(11)2/h4-8,13H,3,17H2,1-2H3. The second-order valence-electron chi connectivity index (χ2n) is 5.04. The molecule has 0 saturated carbocycles. The summed E-state index contributed by atoms with van der Waals surface area (Å²) >= 11 is 5.92. The number of nitrogens with two attached hydrogens (primary N) is 1. The highest BCUT2D eigenvalue weighted by molar-refractivity contribution is 6.30. The lowest BCUT2D eigenvalue weighted by atomic mass is 10.1. The predicted molar refractivity (Wildman–Crippen MR) is 84.6 cm³/mol. The molecular weight excluding hydrogens is 302 g/mol. The number of hydrogen-bond acceptors (Lipinski definition) is 5. The van der Waals surface area contributed by atoms with E-state index >= 15 is 0 Å². The maximum Gasteiger partial charge on any atom is 0.251 e. The minimum absolute atomic E-state index is 0.143. The zero-order valence-electron chi connectivity index (χ0n) is 12.3. The van der Waals surface area contributed by atoms with Crippen molar-refractivity contribution in [2.45, 2.75) is 26.3 Å². The van der Waals surface area contributed by atoms with Gasteiger partial charge in [-0.05, 0) is 25.0 Å². The number of nitrogens with zero attached hydrogens (tertiary/aromatic N) is 4. The summed E-state index contributed by atoms with van der Waals surface area (Å²) in [5.41, 5.74) is 8.43. The number of anilines is 1. The molecule has 0 saturated heterocycles. The van der Waals surface area contributed by atoms with Gasteiger partial charge < -0.3 is 10.3 Å². The molecule has 0 amide bonds. The van der Waals surface area contributed by atoms with Crippen LogP contribution in [0.2, 0.25) is 5.02 Å². The van der Waals surface area contributed by atoms with E-state index in [1.54, 1.807) is 17.1 Å². The van der Waals surface area contributed by atoms with Gasteiger partial charge in [0.2, 0.25) is 5.82 Å². The number of halogens is 1. The fraction of sp³-hybridized carbons (Fsp3) is 0.267. The molecule has 2 N–H and O–H groups in total. The van der Waals surface area contributed by atoms with Gasteiger partial charge in [-0.2, -0.15) is 10.1 Å². The van der Waals surface area contributed by atoms with Crippen LogP contribution in [0.15, 0.2) is 35.1 Å². The summed E-state index contributed by atoms with van der Waals surface area (Å²) in [5, 5.41) is 8.86. The van der Waals surface area contributed by atoms with Crippen molar-refractivity contribution in [1.82, 2.24) is 19.9 Å². The fourth-order valence-corrected chi connectivity index (χ4v) is 2.48. The molecule has 22 heavy (non-hydrogen) atoms. The predicted octanol–water partition coefficient (Wildman–Crippen LogP) is 3.48. The molecule has 2 aromatic heterocycles. The normalized spacial score (nSPS) is 12.5. The lowest BCUT2D eigenvalue weighted by Crippen LogP contribution is -2.10. The van der Waals surface area contributed by atoms with Crippen LogP contribution in [0.4, 0.5) is 5.69 Å².